The number of aliphatic hydroxyl groups excluding tert-OH is 2. The van der Waals surface area contributed by atoms with E-state index in [1.54, 1.807) is 18.2 Å². The third-order valence-electron chi connectivity index (χ3n) is 4.77. The highest BCUT2D eigenvalue weighted by molar-refractivity contribution is 6.31. The Labute approximate surface area is 171 Å². The molecule has 3 aromatic rings. The number of halogens is 3. The van der Waals surface area contributed by atoms with Crippen molar-refractivity contribution in [2.24, 2.45) is 0 Å². The van der Waals surface area contributed by atoms with Crippen LogP contribution in [-0.4, -0.2) is 52.3 Å². The Morgan fingerprint density at radius 3 is 2.59 bits per heavy atom. The first-order valence-corrected chi connectivity index (χ1v) is 9.46. The maximum absolute atomic E-state index is 14.4. The number of benzene rings is 2. The minimum absolute atomic E-state index is 0.00843. The molecule has 0 aliphatic rings. The van der Waals surface area contributed by atoms with Crippen LogP contribution < -0.4 is 0 Å². The molecule has 3 N–H and O–H groups in total. The van der Waals surface area contributed by atoms with Crippen molar-refractivity contribution in [3.05, 3.63) is 58.6 Å². The zero-order valence-electron chi connectivity index (χ0n) is 15.8. The number of aromatic nitrogens is 1. The zero-order chi connectivity index (χ0) is 21.1. The molecule has 1 aromatic heterocycles. The average Bonchev–Trinajstić information content (AvgIpc) is 3.05. The van der Waals surface area contributed by atoms with Gasteiger partial charge >= 0.3 is 0 Å². The quantitative estimate of drug-likeness (QED) is 0.545. The fourth-order valence-corrected chi connectivity index (χ4v) is 3.50. The number of aromatic amines is 1. The van der Waals surface area contributed by atoms with Crippen LogP contribution in [-0.2, 0) is 11.2 Å². The smallest absolute Gasteiger partial charge is 0.222 e. The molecule has 154 valence electrons. The van der Waals surface area contributed by atoms with Gasteiger partial charge in [0.05, 0.1) is 18.2 Å². The molecule has 0 aliphatic heterocycles. The summed E-state index contributed by atoms with van der Waals surface area (Å²) in [6.07, 6.45) is -0.630. The summed E-state index contributed by atoms with van der Waals surface area (Å²) >= 11 is 6.03. The summed E-state index contributed by atoms with van der Waals surface area (Å²) < 4.78 is 27.8. The molecule has 3 rings (SSSR count). The number of nitrogens with zero attached hydrogens (tertiary/aromatic N) is 1. The van der Waals surface area contributed by atoms with Crippen LogP contribution in [0.25, 0.3) is 22.2 Å². The van der Waals surface area contributed by atoms with Crippen molar-refractivity contribution in [1.29, 1.82) is 0 Å². The first-order chi connectivity index (χ1) is 13.8. The second kappa shape index (κ2) is 8.90. The maximum atomic E-state index is 14.4. The molecule has 29 heavy (non-hydrogen) atoms. The van der Waals surface area contributed by atoms with E-state index >= 15 is 0 Å². The van der Waals surface area contributed by atoms with Crippen LogP contribution in [0.15, 0.2) is 36.4 Å². The molecule has 0 radical (unpaired) electrons. The third-order valence-corrected chi connectivity index (χ3v) is 4.99. The Kier molecular flexibility index (Phi) is 6.52. The predicted molar refractivity (Wildman–Crippen MR) is 108 cm³/mol. The van der Waals surface area contributed by atoms with E-state index < -0.39 is 18.5 Å². The van der Waals surface area contributed by atoms with Crippen LogP contribution in [0.1, 0.15) is 12.0 Å². The monoisotopic (exact) mass is 422 g/mol. The van der Waals surface area contributed by atoms with Gasteiger partial charge in [-0.05, 0) is 53.9 Å². The second-order valence-corrected chi connectivity index (χ2v) is 7.34. The highest BCUT2D eigenvalue weighted by Crippen LogP contribution is 2.34. The normalized spacial score (nSPS) is 12.3. The number of nitrogens with one attached hydrogen (secondary N) is 1. The average molecular weight is 423 g/mol. The molecule has 5 nitrogen and oxygen atoms in total. The molecule has 2 aromatic carbocycles. The Morgan fingerprint density at radius 2 is 1.93 bits per heavy atom. The largest absolute Gasteiger partial charge is 0.394 e. The molecule has 0 bridgehead atoms. The molecule has 0 unspecified atom stereocenters. The molecule has 8 heteroatoms. The summed E-state index contributed by atoms with van der Waals surface area (Å²) in [5.41, 5.74) is 2.20. The van der Waals surface area contributed by atoms with Crippen molar-refractivity contribution in [3.8, 4) is 11.3 Å². The first-order valence-electron chi connectivity index (χ1n) is 9.08. The molecule has 0 fully saturated rings. The predicted octanol–water partition coefficient (Wildman–Crippen LogP) is 3.51. The van der Waals surface area contributed by atoms with Gasteiger partial charge in [-0.15, -0.1) is 0 Å². The van der Waals surface area contributed by atoms with E-state index in [2.05, 4.69) is 4.98 Å². The van der Waals surface area contributed by atoms with Crippen molar-refractivity contribution >= 4 is 28.4 Å². The number of fused-ring (bicyclic) bond motifs is 1. The van der Waals surface area contributed by atoms with Gasteiger partial charge in [0.2, 0.25) is 5.91 Å². The Balaban J connectivity index is 1.95. The number of aliphatic hydroxyl groups is 2. The minimum atomic E-state index is -1.01. The highest BCUT2D eigenvalue weighted by Gasteiger charge is 2.19. The molecule has 0 saturated heterocycles. The topological polar surface area (TPSA) is 76.6 Å². The lowest BCUT2D eigenvalue weighted by Crippen LogP contribution is -2.35. The fraction of sp³-hybridized carbons (Fsp3) is 0.286. The fourth-order valence-electron chi connectivity index (χ4n) is 3.29. The van der Waals surface area contributed by atoms with E-state index in [9.17, 15) is 18.7 Å². The van der Waals surface area contributed by atoms with Gasteiger partial charge in [-0.2, -0.15) is 0 Å². The summed E-state index contributed by atoms with van der Waals surface area (Å²) in [6, 6.07) is 8.60. The number of rotatable bonds is 7. The van der Waals surface area contributed by atoms with Crippen LogP contribution >= 0.6 is 11.6 Å². The SMILES string of the molecule is CN(C[C@H](O)CO)C(=O)CCc1c(-c2ccc(F)cc2)[nH]c2c(F)cc(Cl)cc12. The standard InChI is InChI=1S/C21H21ClF2N2O3/c1-26(10-15(28)11-27)19(29)7-6-16-17-8-13(22)9-18(24)21(17)25-20(16)12-2-4-14(23)5-3-12/h2-5,8-9,15,25,27-28H,6-7,10-11H2,1H3/t15-/m0/s1. The van der Waals surface area contributed by atoms with E-state index in [0.717, 1.165) is 0 Å². The molecule has 0 spiro atoms. The molecule has 1 heterocycles. The number of carbonyl (C=O) groups is 1. The van der Waals surface area contributed by atoms with E-state index in [0.29, 0.717) is 22.2 Å². The lowest BCUT2D eigenvalue weighted by molar-refractivity contribution is -0.131. The van der Waals surface area contributed by atoms with E-state index in [-0.39, 0.29) is 41.7 Å². The lowest BCUT2D eigenvalue weighted by Gasteiger charge is -2.19. The lowest BCUT2D eigenvalue weighted by atomic mass is 10.0. The Morgan fingerprint density at radius 1 is 1.24 bits per heavy atom. The first kappa shape index (κ1) is 21.2. The number of hydrogen-bond acceptors (Lipinski definition) is 3. The third kappa shape index (κ3) is 4.75. The van der Waals surface area contributed by atoms with Gasteiger partial charge in [0, 0.05) is 36.1 Å². The molecule has 1 atom stereocenters. The van der Waals surface area contributed by atoms with Crippen LogP contribution in [0.3, 0.4) is 0 Å². The number of H-pyrrole nitrogens is 1. The highest BCUT2D eigenvalue weighted by atomic mass is 35.5. The number of hydrogen-bond donors (Lipinski definition) is 3. The Hall–Kier alpha value is -2.48. The minimum Gasteiger partial charge on any atom is -0.394 e. The molecular weight excluding hydrogens is 402 g/mol. The van der Waals surface area contributed by atoms with E-state index in [1.807, 2.05) is 0 Å². The van der Waals surface area contributed by atoms with Crippen LogP contribution in [0.5, 0.6) is 0 Å². The van der Waals surface area contributed by atoms with Gasteiger partial charge in [0.25, 0.3) is 0 Å². The number of aryl methyl sites for hydroxylation is 1. The van der Waals surface area contributed by atoms with Gasteiger partial charge in [0.15, 0.2) is 0 Å². The molecule has 0 saturated carbocycles. The van der Waals surface area contributed by atoms with Crippen molar-refractivity contribution < 1.29 is 23.8 Å². The van der Waals surface area contributed by atoms with Crippen molar-refractivity contribution in [1.82, 2.24) is 9.88 Å². The summed E-state index contributed by atoms with van der Waals surface area (Å²) in [4.78, 5) is 16.8. The van der Waals surface area contributed by atoms with Crippen LogP contribution in [0.2, 0.25) is 5.02 Å². The number of amides is 1. The maximum Gasteiger partial charge on any atom is 0.222 e. The van der Waals surface area contributed by atoms with E-state index in [4.69, 9.17) is 16.7 Å². The van der Waals surface area contributed by atoms with Gasteiger partial charge in [-0.3, -0.25) is 4.79 Å². The number of carbonyl (C=O) groups excluding carboxylic acids is 1. The van der Waals surface area contributed by atoms with Gasteiger partial charge < -0.3 is 20.1 Å². The van der Waals surface area contributed by atoms with Gasteiger partial charge in [-0.25, -0.2) is 8.78 Å². The second-order valence-electron chi connectivity index (χ2n) is 6.91. The van der Waals surface area contributed by atoms with Crippen molar-refractivity contribution in [2.75, 3.05) is 20.2 Å². The van der Waals surface area contributed by atoms with Crippen molar-refractivity contribution in [3.63, 3.8) is 0 Å². The van der Waals surface area contributed by atoms with Gasteiger partial charge in [0.1, 0.15) is 11.6 Å². The summed E-state index contributed by atoms with van der Waals surface area (Å²) in [5.74, 6) is -1.14. The van der Waals surface area contributed by atoms with Crippen LogP contribution in [0.4, 0.5) is 8.78 Å². The number of likely N-dealkylation sites (N-methyl/N-ethyl adjacent to an activating group) is 1. The van der Waals surface area contributed by atoms with E-state index in [1.165, 1.54) is 30.1 Å². The molecular formula is C21H21ClF2N2O3. The summed E-state index contributed by atoms with van der Waals surface area (Å²) in [7, 11) is 1.54. The van der Waals surface area contributed by atoms with Gasteiger partial charge in [-0.1, -0.05) is 11.6 Å². The Bertz CT molecular complexity index is 1020. The molecule has 0 aliphatic carbocycles. The zero-order valence-corrected chi connectivity index (χ0v) is 16.5. The summed E-state index contributed by atoms with van der Waals surface area (Å²) in [6.45, 7) is -0.430. The van der Waals surface area contributed by atoms with Crippen LogP contribution in [0, 0.1) is 11.6 Å². The summed E-state index contributed by atoms with van der Waals surface area (Å²) in [5, 5.41) is 19.2. The van der Waals surface area contributed by atoms with Crippen molar-refractivity contribution in [2.45, 2.75) is 18.9 Å². The molecule has 1 amide bonds.